The largest absolute Gasteiger partial charge is 0.466 e. The van der Waals surface area contributed by atoms with Crippen molar-refractivity contribution in [3.05, 3.63) is 35.8 Å². The van der Waals surface area contributed by atoms with E-state index < -0.39 is 17.8 Å². The number of carbonyl (C=O) groups is 2. The summed E-state index contributed by atoms with van der Waals surface area (Å²) in [6.07, 6.45) is 0.937. The van der Waals surface area contributed by atoms with Crippen LogP contribution < -0.4 is 10.6 Å². The summed E-state index contributed by atoms with van der Waals surface area (Å²) >= 11 is 0. The van der Waals surface area contributed by atoms with Crippen molar-refractivity contribution in [2.75, 3.05) is 31.4 Å². The SMILES string of the molecule is CCNc1ccc(F)cc1N/C(=C/C(=O)OC)C(=O)OC. The molecule has 2 N–H and O–H groups in total. The van der Waals surface area contributed by atoms with Crippen molar-refractivity contribution in [3.63, 3.8) is 0 Å². The predicted octanol–water partition coefficient (Wildman–Crippen LogP) is 1.90. The van der Waals surface area contributed by atoms with Crippen LogP contribution in [0, 0.1) is 5.82 Å². The van der Waals surface area contributed by atoms with Crippen LogP contribution in [0.25, 0.3) is 0 Å². The summed E-state index contributed by atoms with van der Waals surface area (Å²) in [5.41, 5.74) is 0.727. The van der Waals surface area contributed by atoms with Gasteiger partial charge in [-0.3, -0.25) is 0 Å². The molecule has 0 aliphatic carbocycles. The number of nitrogens with one attached hydrogen (secondary N) is 2. The molecule has 0 saturated heterocycles. The molecule has 0 aliphatic heterocycles. The fraction of sp³-hybridized carbons (Fsp3) is 0.286. The number of rotatable bonds is 6. The molecule has 0 aromatic heterocycles. The van der Waals surface area contributed by atoms with Crippen molar-refractivity contribution in [1.29, 1.82) is 0 Å². The van der Waals surface area contributed by atoms with Crippen LogP contribution in [0.4, 0.5) is 15.8 Å². The minimum atomic E-state index is -0.771. The lowest BCUT2D eigenvalue weighted by Crippen LogP contribution is -2.16. The first kappa shape index (κ1) is 16.5. The lowest BCUT2D eigenvalue weighted by atomic mass is 10.2. The van der Waals surface area contributed by atoms with Gasteiger partial charge in [-0.1, -0.05) is 0 Å². The van der Waals surface area contributed by atoms with E-state index in [2.05, 4.69) is 20.1 Å². The van der Waals surface area contributed by atoms with Gasteiger partial charge in [0.2, 0.25) is 0 Å². The van der Waals surface area contributed by atoms with Crippen LogP contribution in [0.1, 0.15) is 6.92 Å². The molecule has 1 aromatic carbocycles. The van der Waals surface area contributed by atoms with Gasteiger partial charge in [0.15, 0.2) is 0 Å². The molecular formula is C14H17FN2O4. The fourth-order valence-corrected chi connectivity index (χ4v) is 1.54. The first-order chi connectivity index (χ1) is 10.0. The van der Waals surface area contributed by atoms with Gasteiger partial charge in [-0.25, -0.2) is 14.0 Å². The Hall–Kier alpha value is -2.57. The molecule has 0 heterocycles. The van der Waals surface area contributed by atoms with Crippen LogP contribution in [0.15, 0.2) is 30.0 Å². The van der Waals surface area contributed by atoms with Crippen molar-refractivity contribution in [2.24, 2.45) is 0 Å². The predicted molar refractivity (Wildman–Crippen MR) is 76.3 cm³/mol. The first-order valence-corrected chi connectivity index (χ1v) is 6.20. The highest BCUT2D eigenvalue weighted by Gasteiger charge is 2.15. The fourth-order valence-electron chi connectivity index (χ4n) is 1.54. The van der Waals surface area contributed by atoms with E-state index in [9.17, 15) is 14.0 Å². The normalized spacial score (nSPS) is 10.8. The van der Waals surface area contributed by atoms with Crippen LogP contribution in [0.2, 0.25) is 0 Å². The number of esters is 2. The monoisotopic (exact) mass is 296 g/mol. The van der Waals surface area contributed by atoms with Gasteiger partial charge < -0.3 is 20.1 Å². The van der Waals surface area contributed by atoms with Crippen LogP contribution >= 0.6 is 0 Å². The van der Waals surface area contributed by atoms with Crippen molar-refractivity contribution in [1.82, 2.24) is 0 Å². The smallest absolute Gasteiger partial charge is 0.354 e. The third-order valence-corrected chi connectivity index (χ3v) is 2.49. The Morgan fingerprint density at radius 2 is 1.95 bits per heavy atom. The third-order valence-electron chi connectivity index (χ3n) is 2.49. The molecule has 1 rings (SSSR count). The third kappa shape index (κ3) is 4.79. The number of carbonyl (C=O) groups excluding carboxylic acids is 2. The minimum absolute atomic E-state index is 0.158. The molecular weight excluding hydrogens is 279 g/mol. The Kier molecular flexibility index (Phi) is 6.19. The molecule has 0 amide bonds. The van der Waals surface area contributed by atoms with E-state index in [1.54, 1.807) is 0 Å². The molecule has 0 saturated carbocycles. The summed E-state index contributed by atoms with van der Waals surface area (Å²) in [6, 6.07) is 4.01. The van der Waals surface area contributed by atoms with Gasteiger partial charge in [0.05, 0.1) is 31.7 Å². The van der Waals surface area contributed by atoms with Gasteiger partial charge >= 0.3 is 11.9 Å². The van der Waals surface area contributed by atoms with Crippen LogP contribution in [-0.4, -0.2) is 32.7 Å². The standard InChI is InChI=1S/C14H17FN2O4/c1-4-16-10-6-5-9(15)7-11(10)17-12(14(19)21-3)8-13(18)20-2/h5-8,16-17H,4H2,1-3H3/b12-8+. The van der Waals surface area contributed by atoms with Crippen molar-refractivity contribution in [3.8, 4) is 0 Å². The highest BCUT2D eigenvalue weighted by Crippen LogP contribution is 2.24. The van der Waals surface area contributed by atoms with Gasteiger partial charge in [-0.15, -0.1) is 0 Å². The number of ether oxygens (including phenoxy) is 2. The number of halogens is 1. The van der Waals surface area contributed by atoms with Crippen LogP contribution in [0.3, 0.4) is 0 Å². The molecule has 0 bridgehead atoms. The van der Waals surface area contributed by atoms with Gasteiger partial charge in [-0.2, -0.15) is 0 Å². The van der Waals surface area contributed by atoms with Gasteiger partial charge in [-0.05, 0) is 25.1 Å². The van der Waals surface area contributed by atoms with Gasteiger partial charge in [0.1, 0.15) is 11.5 Å². The Balaban J connectivity index is 3.13. The Morgan fingerprint density at radius 1 is 1.24 bits per heavy atom. The van der Waals surface area contributed by atoms with Crippen molar-refractivity contribution < 1.29 is 23.5 Å². The summed E-state index contributed by atoms with van der Waals surface area (Å²) < 4.78 is 22.4. The molecule has 1 aromatic rings. The quantitative estimate of drug-likeness (QED) is 0.617. The van der Waals surface area contributed by atoms with Gasteiger partial charge in [0, 0.05) is 6.54 Å². The van der Waals surface area contributed by atoms with E-state index in [-0.39, 0.29) is 5.70 Å². The van der Waals surface area contributed by atoms with Crippen LogP contribution in [-0.2, 0) is 19.1 Å². The molecule has 21 heavy (non-hydrogen) atoms. The van der Waals surface area contributed by atoms with Crippen molar-refractivity contribution >= 4 is 23.3 Å². The zero-order chi connectivity index (χ0) is 15.8. The highest BCUT2D eigenvalue weighted by atomic mass is 19.1. The molecule has 114 valence electrons. The summed E-state index contributed by atoms with van der Waals surface area (Å²) in [4.78, 5) is 22.9. The molecule has 6 nitrogen and oxygen atoms in total. The van der Waals surface area contributed by atoms with E-state index in [0.717, 1.165) is 6.08 Å². The number of hydrogen-bond donors (Lipinski definition) is 2. The average Bonchev–Trinajstić information content (AvgIpc) is 2.48. The van der Waals surface area contributed by atoms with E-state index >= 15 is 0 Å². The summed E-state index contributed by atoms with van der Waals surface area (Å²) in [5.74, 6) is -1.99. The second-order valence-corrected chi connectivity index (χ2v) is 3.92. The maximum Gasteiger partial charge on any atom is 0.354 e. The molecule has 0 radical (unpaired) electrons. The summed E-state index contributed by atoms with van der Waals surface area (Å²) in [5, 5.41) is 5.68. The van der Waals surface area contributed by atoms with E-state index in [4.69, 9.17) is 0 Å². The Labute approximate surface area is 121 Å². The molecule has 0 unspecified atom stereocenters. The minimum Gasteiger partial charge on any atom is -0.466 e. The van der Waals surface area contributed by atoms with Gasteiger partial charge in [0.25, 0.3) is 0 Å². The number of methoxy groups -OCH3 is 2. The Morgan fingerprint density at radius 3 is 2.52 bits per heavy atom. The maximum atomic E-state index is 13.4. The van der Waals surface area contributed by atoms with Crippen molar-refractivity contribution in [2.45, 2.75) is 6.92 Å². The molecule has 0 atom stereocenters. The highest BCUT2D eigenvalue weighted by molar-refractivity contribution is 5.99. The van der Waals surface area contributed by atoms with E-state index in [0.29, 0.717) is 17.9 Å². The zero-order valence-corrected chi connectivity index (χ0v) is 12.0. The lowest BCUT2D eigenvalue weighted by molar-refractivity contribution is -0.138. The summed E-state index contributed by atoms with van der Waals surface area (Å²) in [7, 11) is 2.35. The van der Waals surface area contributed by atoms with E-state index in [1.165, 1.54) is 32.4 Å². The second-order valence-electron chi connectivity index (χ2n) is 3.92. The molecule has 7 heteroatoms. The first-order valence-electron chi connectivity index (χ1n) is 6.20. The maximum absolute atomic E-state index is 13.4. The number of hydrogen-bond acceptors (Lipinski definition) is 6. The Bertz CT molecular complexity index is 558. The van der Waals surface area contributed by atoms with E-state index in [1.807, 2.05) is 6.92 Å². The number of benzene rings is 1. The average molecular weight is 296 g/mol. The molecule has 0 fully saturated rings. The number of anilines is 2. The zero-order valence-electron chi connectivity index (χ0n) is 12.0. The second kappa shape index (κ2) is 7.88. The topological polar surface area (TPSA) is 76.7 Å². The molecule has 0 aliphatic rings. The molecule has 0 spiro atoms. The lowest BCUT2D eigenvalue weighted by Gasteiger charge is -2.14. The summed E-state index contributed by atoms with van der Waals surface area (Å²) in [6.45, 7) is 2.48. The van der Waals surface area contributed by atoms with Crippen LogP contribution in [0.5, 0.6) is 0 Å².